The van der Waals surface area contributed by atoms with Crippen LogP contribution in [-0.4, -0.2) is 16.3 Å². The van der Waals surface area contributed by atoms with Crippen molar-refractivity contribution in [3.63, 3.8) is 0 Å². The Labute approximate surface area is 122 Å². The quantitative estimate of drug-likeness (QED) is 0.731. The number of hydrogen-bond acceptors (Lipinski definition) is 2. The molecular formula is C17H27N3. The van der Waals surface area contributed by atoms with Crippen molar-refractivity contribution in [2.45, 2.75) is 52.0 Å². The highest BCUT2D eigenvalue weighted by atomic mass is 15.3. The largest absolute Gasteiger partial charge is 0.309 e. The molecule has 0 amide bonds. The van der Waals surface area contributed by atoms with Crippen LogP contribution in [0.15, 0.2) is 24.3 Å². The Morgan fingerprint density at radius 1 is 1.15 bits per heavy atom. The SMILES string of the molecule is CCCCCC(NCCC)c1nn(C)c2ccccc12. The fraction of sp³-hybridized carbons (Fsp3) is 0.588. The van der Waals surface area contributed by atoms with Gasteiger partial charge in [-0.25, -0.2) is 0 Å². The predicted molar refractivity (Wildman–Crippen MR) is 85.9 cm³/mol. The normalized spacial score (nSPS) is 12.9. The van der Waals surface area contributed by atoms with Crippen LogP contribution in [0.4, 0.5) is 0 Å². The van der Waals surface area contributed by atoms with Crippen LogP contribution in [0.1, 0.15) is 57.7 Å². The van der Waals surface area contributed by atoms with Crippen LogP contribution in [0.2, 0.25) is 0 Å². The van der Waals surface area contributed by atoms with E-state index in [0.717, 1.165) is 13.0 Å². The highest BCUT2D eigenvalue weighted by Gasteiger charge is 2.17. The average molecular weight is 273 g/mol. The maximum Gasteiger partial charge on any atom is 0.0872 e. The van der Waals surface area contributed by atoms with Crippen molar-refractivity contribution in [1.82, 2.24) is 15.1 Å². The summed E-state index contributed by atoms with van der Waals surface area (Å²) in [4.78, 5) is 0. The van der Waals surface area contributed by atoms with Gasteiger partial charge >= 0.3 is 0 Å². The first-order chi connectivity index (χ1) is 9.77. The first kappa shape index (κ1) is 15.0. The molecule has 1 N–H and O–H groups in total. The van der Waals surface area contributed by atoms with Crippen LogP contribution < -0.4 is 5.32 Å². The van der Waals surface area contributed by atoms with E-state index < -0.39 is 0 Å². The monoisotopic (exact) mass is 273 g/mol. The standard InChI is InChI=1S/C17H27N3/c1-4-6-7-11-15(18-13-5-2)17-14-10-8-9-12-16(14)20(3)19-17/h8-10,12,15,18H,4-7,11,13H2,1-3H3. The third-order valence-corrected chi connectivity index (χ3v) is 3.85. The molecule has 0 saturated heterocycles. The molecule has 20 heavy (non-hydrogen) atoms. The van der Waals surface area contributed by atoms with Gasteiger partial charge in [-0.2, -0.15) is 5.10 Å². The summed E-state index contributed by atoms with van der Waals surface area (Å²) < 4.78 is 2.01. The topological polar surface area (TPSA) is 29.9 Å². The molecule has 1 aromatic heterocycles. The summed E-state index contributed by atoms with van der Waals surface area (Å²) in [6.45, 7) is 5.53. The Morgan fingerprint density at radius 3 is 2.70 bits per heavy atom. The highest BCUT2D eigenvalue weighted by Crippen LogP contribution is 2.26. The summed E-state index contributed by atoms with van der Waals surface area (Å²) in [7, 11) is 2.04. The van der Waals surface area contributed by atoms with Gasteiger partial charge < -0.3 is 5.32 Å². The van der Waals surface area contributed by atoms with E-state index in [2.05, 4.69) is 43.4 Å². The second-order valence-electron chi connectivity index (χ2n) is 5.53. The van der Waals surface area contributed by atoms with Crippen molar-refractivity contribution in [2.75, 3.05) is 6.54 Å². The zero-order chi connectivity index (χ0) is 14.4. The second-order valence-corrected chi connectivity index (χ2v) is 5.53. The lowest BCUT2D eigenvalue weighted by atomic mass is 10.0. The molecular weight excluding hydrogens is 246 g/mol. The molecule has 1 atom stereocenters. The molecule has 2 rings (SSSR count). The molecule has 0 fully saturated rings. The van der Waals surface area contributed by atoms with Crippen LogP contribution >= 0.6 is 0 Å². The van der Waals surface area contributed by atoms with Gasteiger partial charge in [-0.05, 0) is 25.5 Å². The third kappa shape index (κ3) is 3.40. The van der Waals surface area contributed by atoms with Gasteiger partial charge in [0.1, 0.15) is 0 Å². The van der Waals surface area contributed by atoms with Crippen molar-refractivity contribution < 1.29 is 0 Å². The number of para-hydroxylation sites is 1. The number of aryl methyl sites for hydroxylation is 1. The number of nitrogens with one attached hydrogen (secondary N) is 1. The van der Waals surface area contributed by atoms with Crippen molar-refractivity contribution >= 4 is 10.9 Å². The summed E-state index contributed by atoms with van der Waals surface area (Å²) in [5, 5.41) is 9.74. The van der Waals surface area contributed by atoms with E-state index >= 15 is 0 Å². The van der Waals surface area contributed by atoms with Gasteiger partial charge in [-0.15, -0.1) is 0 Å². The zero-order valence-electron chi connectivity index (χ0n) is 13.0. The lowest BCUT2D eigenvalue weighted by Gasteiger charge is -2.16. The maximum absolute atomic E-state index is 4.78. The third-order valence-electron chi connectivity index (χ3n) is 3.85. The molecule has 1 unspecified atom stereocenters. The Hall–Kier alpha value is -1.35. The zero-order valence-corrected chi connectivity index (χ0v) is 13.0. The predicted octanol–water partition coefficient (Wildman–Crippen LogP) is 4.19. The van der Waals surface area contributed by atoms with Crippen molar-refractivity contribution in [2.24, 2.45) is 7.05 Å². The summed E-state index contributed by atoms with van der Waals surface area (Å²) in [6, 6.07) is 8.91. The molecule has 1 aromatic carbocycles. The smallest absolute Gasteiger partial charge is 0.0872 e. The summed E-state index contributed by atoms with van der Waals surface area (Å²) in [5.41, 5.74) is 2.44. The number of aromatic nitrogens is 2. The van der Waals surface area contributed by atoms with Crippen LogP contribution in [-0.2, 0) is 7.05 Å². The molecule has 0 bridgehead atoms. The molecule has 3 heteroatoms. The number of nitrogens with zero attached hydrogens (tertiary/aromatic N) is 2. The minimum Gasteiger partial charge on any atom is -0.309 e. The number of hydrogen-bond donors (Lipinski definition) is 1. The molecule has 0 radical (unpaired) electrons. The average Bonchev–Trinajstić information content (AvgIpc) is 2.81. The Balaban J connectivity index is 2.24. The first-order valence-corrected chi connectivity index (χ1v) is 7.93. The summed E-state index contributed by atoms with van der Waals surface area (Å²) >= 11 is 0. The fourth-order valence-electron chi connectivity index (χ4n) is 2.75. The molecule has 3 nitrogen and oxygen atoms in total. The van der Waals surface area contributed by atoms with Crippen LogP contribution in [0.3, 0.4) is 0 Å². The van der Waals surface area contributed by atoms with Crippen LogP contribution in [0.5, 0.6) is 0 Å². The number of benzene rings is 1. The van der Waals surface area contributed by atoms with E-state index in [9.17, 15) is 0 Å². The second kappa shape index (κ2) is 7.44. The maximum atomic E-state index is 4.78. The van der Waals surface area contributed by atoms with E-state index in [0.29, 0.717) is 6.04 Å². The highest BCUT2D eigenvalue weighted by molar-refractivity contribution is 5.82. The minimum absolute atomic E-state index is 0.382. The molecule has 0 saturated carbocycles. The molecule has 0 aliphatic carbocycles. The molecule has 0 aliphatic heterocycles. The van der Waals surface area contributed by atoms with Crippen molar-refractivity contribution in [1.29, 1.82) is 0 Å². The first-order valence-electron chi connectivity index (χ1n) is 7.93. The van der Waals surface area contributed by atoms with Gasteiger partial charge in [0, 0.05) is 12.4 Å². The number of unbranched alkanes of at least 4 members (excludes halogenated alkanes) is 2. The lowest BCUT2D eigenvalue weighted by molar-refractivity contribution is 0.463. The van der Waals surface area contributed by atoms with E-state index in [4.69, 9.17) is 5.10 Å². The molecule has 110 valence electrons. The van der Waals surface area contributed by atoms with Crippen molar-refractivity contribution in [3.05, 3.63) is 30.0 Å². The molecule has 1 heterocycles. The molecule has 0 spiro atoms. The van der Waals surface area contributed by atoms with Gasteiger partial charge in [0.2, 0.25) is 0 Å². The lowest BCUT2D eigenvalue weighted by Crippen LogP contribution is -2.23. The molecule has 2 aromatic rings. The van der Waals surface area contributed by atoms with Gasteiger partial charge in [0.15, 0.2) is 0 Å². The minimum atomic E-state index is 0.382. The van der Waals surface area contributed by atoms with Crippen LogP contribution in [0, 0.1) is 0 Å². The van der Waals surface area contributed by atoms with Gasteiger partial charge in [-0.3, -0.25) is 4.68 Å². The summed E-state index contributed by atoms with van der Waals surface area (Å²) in [5.74, 6) is 0. The molecule has 0 aliphatic rings. The number of fused-ring (bicyclic) bond motifs is 1. The van der Waals surface area contributed by atoms with Gasteiger partial charge in [-0.1, -0.05) is 51.3 Å². The van der Waals surface area contributed by atoms with Gasteiger partial charge in [0.25, 0.3) is 0 Å². The Bertz CT molecular complexity index is 530. The Kier molecular flexibility index (Phi) is 5.60. The van der Waals surface area contributed by atoms with E-state index in [1.807, 2.05) is 11.7 Å². The van der Waals surface area contributed by atoms with Gasteiger partial charge in [0.05, 0.1) is 17.3 Å². The number of rotatable bonds is 8. The van der Waals surface area contributed by atoms with E-state index in [-0.39, 0.29) is 0 Å². The van der Waals surface area contributed by atoms with Crippen molar-refractivity contribution in [3.8, 4) is 0 Å². The Morgan fingerprint density at radius 2 is 1.95 bits per heavy atom. The van der Waals surface area contributed by atoms with E-state index in [1.54, 1.807) is 0 Å². The van der Waals surface area contributed by atoms with Crippen LogP contribution in [0.25, 0.3) is 10.9 Å². The van der Waals surface area contributed by atoms with E-state index in [1.165, 1.54) is 42.3 Å². The summed E-state index contributed by atoms with van der Waals surface area (Å²) in [6.07, 6.45) is 6.17. The fourth-order valence-corrected chi connectivity index (χ4v) is 2.75.